The molecule has 0 aliphatic carbocycles. The molecule has 0 heterocycles. The predicted octanol–water partition coefficient (Wildman–Crippen LogP) is 0.359. The lowest BCUT2D eigenvalue weighted by molar-refractivity contribution is -0.126. The van der Waals surface area contributed by atoms with Gasteiger partial charge in [-0.2, -0.15) is 0 Å². The molecule has 0 aromatic carbocycles. The molecule has 0 fully saturated rings. The van der Waals surface area contributed by atoms with E-state index in [9.17, 15) is 4.79 Å². The van der Waals surface area contributed by atoms with Crippen LogP contribution in [0.2, 0.25) is 0 Å². The Morgan fingerprint density at radius 3 is 2.29 bits per heavy atom. The van der Waals surface area contributed by atoms with Crippen LogP contribution in [0.5, 0.6) is 0 Å². The highest BCUT2D eigenvalue weighted by Crippen LogP contribution is 2.10. The molecule has 84 valence electrons. The van der Waals surface area contributed by atoms with Crippen LogP contribution in [0.25, 0.3) is 0 Å². The van der Waals surface area contributed by atoms with E-state index in [0.717, 1.165) is 12.8 Å². The average molecular weight is 201 g/mol. The lowest BCUT2D eigenvalue weighted by Crippen LogP contribution is -2.53. The van der Waals surface area contributed by atoms with E-state index in [-0.39, 0.29) is 5.91 Å². The molecule has 0 aliphatic heterocycles. The highest BCUT2D eigenvalue weighted by molar-refractivity contribution is 5.85. The Morgan fingerprint density at radius 1 is 1.29 bits per heavy atom. The van der Waals surface area contributed by atoms with Crippen LogP contribution in [0.3, 0.4) is 0 Å². The SMILES string of the molecule is CCC(N)(CC)C(=O)NCCCCN. The van der Waals surface area contributed by atoms with Crippen molar-refractivity contribution in [2.24, 2.45) is 11.5 Å². The number of nitrogens with two attached hydrogens (primary N) is 2. The van der Waals surface area contributed by atoms with Crippen molar-refractivity contribution in [3.63, 3.8) is 0 Å². The van der Waals surface area contributed by atoms with Crippen molar-refractivity contribution in [1.29, 1.82) is 0 Å². The number of carbonyl (C=O) groups is 1. The van der Waals surface area contributed by atoms with Gasteiger partial charge in [0.25, 0.3) is 0 Å². The fraction of sp³-hybridized carbons (Fsp3) is 0.900. The summed E-state index contributed by atoms with van der Waals surface area (Å²) >= 11 is 0. The Kier molecular flexibility index (Phi) is 6.49. The van der Waals surface area contributed by atoms with Crippen molar-refractivity contribution in [2.75, 3.05) is 13.1 Å². The Balaban J connectivity index is 3.82. The minimum Gasteiger partial charge on any atom is -0.355 e. The van der Waals surface area contributed by atoms with E-state index < -0.39 is 5.54 Å². The third kappa shape index (κ3) is 4.07. The van der Waals surface area contributed by atoms with E-state index in [1.807, 2.05) is 13.8 Å². The van der Waals surface area contributed by atoms with Crippen LogP contribution in [0.1, 0.15) is 39.5 Å². The molecule has 4 nitrogen and oxygen atoms in total. The maximum absolute atomic E-state index is 11.6. The van der Waals surface area contributed by atoms with Gasteiger partial charge >= 0.3 is 0 Å². The van der Waals surface area contributed by atoms with Gasteiger partial charge in [0, 0.05) is 6.54 Å². The quantitative estimate of drug-likeness (QED) is 0.520. The first-order valence-electron chi connectivity index (χ1n) is 5.38. The lowest BCUT2D eigenvalue weighted by Gasteiger charge is -2.25. The smallest absolute Gasteiger partial charge is 0.240 e. The number of unbranched alkanes of at least 4 members (excludes halogenated alkanes) is 1. The molecular weight excluding hydrogens is 178 g/mol. The molecule has 1 amide bonds. The first-order chi connectivity index (χ1) is 6.60. The Morgan fingerprint density at radius 2 is 1.86 bits per heavy atom. The van der Waals surface area contributed by atoms with Crippen molar-refractivity contribution in [2.45, 2.75) is 45.1 Å². The van der Waals surface area contributed by atoms with Gasteiger partial charge in [-0.05, 0) is 32.2 Å². The van der Waals surface area contributed by atoms with Gasteiger partial charge in [0.05, 0.1) is 5.54 Å². The summed E-state index contributed by atoms with van der Waals surface area (Å²) in [5.41, 5.74) is 10.6. The molecule has 0 saturated carbocycles. The summed E-state index contributed by atoms with van der Waals surface area (Å²) < 4.78 is 0. The van der Waals surface area contributed by atoms with Crippen LogP contribution in [-0.4, -0.2) is 24.5 Å². The topological polar surface area (TPSA) is 81.1 Å². The third-order valence-corrected chi connectivity index (χ3v) is 2.63. The summed E-state index contributed by atoms with van der Waals surface area (Å²) in [5.74, 6) is -0.0421. The average Bonchev–Trinajstić information content (AvgIpc) is 2.22. The van der Waals surface area contributed by atoms with Crippen molar-refractivity contribution >= 4 is 5.91 Å². The second kappa shape index (κ2) is 6.79. The normalized spacial score (nSPS) is 11.4. The van der Waals surface area contributed by atoms with E-state index in [4.69, 9.17) is 11.5 Å². The Hall–Kier alpha value is -0.610. The zero-order valence-electron chi connectivity index (χ0n) is 9.31. The first kappa shape index (κ1) is 13.4. The summed E-state index contributed by atoms with van der Waals surface area (Å²) in [6, 6.07) is 0. The highest BCUT2D eigenvalue weighted by Gasteiger charge is 2.29. The Labute approximate surface area is 86.4 Å². The molecule has 0 aromatic rings. The maximum atomic E-state index is 11.6. The minimum atomic E-state index is -0.692. The largest absolute Gasteiger partial charge is 0.355 e. The number of carbonyl (C=O) groups excluding carboxylic acids is 1. The van der Waals surface area contributed by atoms with E-state index in [2.05, 4.69) is 5.32 Å². The molecule has 0 radical (unpaired) electrons. The van der Waals surface area contributed by atoms with E-state index in [0.29, 0.717) is 25.9 Å². The van der Waals surface area contributed by atoms with Crippen LogP contribution >= 0.6 is 0 Å². The molecule has 0 spiro atoms. The highest BCUT2D eigenvalue weighted by atomic mass is 16.2. The van der Waals surface area contributed by atoms with Gasteiger partial charge in [-0.3, -0.25) is 4.79 Å². The molecule has 4 heteroatoms. The molecule has 0 unspecified atom stereocenters. The lowest BCUT2D eigenvalue weighted by atomic mass is 9.93. The van der Waals surface area contributed by atoms with Crippen molar-refractivity contribution in [1.82, 2.24) is 5.32 Å². The molecule has 0 aliphatic rings. The molecule has 0 saturated heterocycles. The number of hydrogen-bond acceptors (Lipinski definition) is 3. The molecule has 5 N–H and O–H groups in total. The van der Waals surface area contributed by atoms with Crippen LogP contribution in [-0.2, 0) is 4.79 Å². The van der Waals surface area contributed by atoms with E-state index in [1.165, 1.54) is 0 Å². The first-order valence-corrected chi connectivity index (χ1v) is 5.38. The summed E-state index contributed by atoms with van der Waals surface area (Å²) in [4.78, 5) is 11.6. The summed E-state index contributed by atoms with van der Waals surface area (Å²) in [5, 5.41) is 2.84. The van der Waals surface area contributed by atoms with Crippen LogP contribution < -0.4 is 16.8 Å². The van der Waals surface area contributed by atoms with Gasteiger partial charge in [0.15, 0.2) is 0 Å². The molecule has 0 bridgehead atoms. The van der Waals surface area contributed by atoms with E-state index >= 15 is 0 Å². The number of amides is 1. The van der Waals surface area contributed by atoms with Crippen molar-refractivity contribution in [3.8, 4) is 0 Å². The van der Waals surface area contributed by atoms with Gasteiger partial charge in [-0.25, -0.2) is 0 Å². The van der Waals surface area contributed by atoms with Crippen molar-refractivity contribution in [3.05, 3.63) is 0 Å². The second-order valence-corrected chi connectivity index (χ2v) is 3.61. The molecule has 0 aromatic heterocycles. The fourth-order valence-corrected chi connectivity index (χ4v) is 1.22. The molecule has 14 heavy (non-hydrogen) atoms. The molecule has 0 atom stereocenters. The Bertz CT molecular complexity index is 167. The van der Waals surface area contributed by atoms with Crippen LogP contribution in [0.15, 0.2) is 0 Å². The van der Waals surface area contributed by atoms with Gasteiger partial charge in [-0.1, -0.05) is 13.8 Å². The fourth-order valence-electron chi connectivity index (χ4n) is 1.22. The summed E-state index contributed by atoms with van der Waals surface area (Å²) in [6.07, 6.45) is 3.21. The van der Waals surface area contributed by atoms with Crippen LogP contribution in [0, 0.1) is 0 Å². The van der Waals surface area contributed by atoms with Gasteiger partial charge < -0.3 is 16.8 Å². The second-order valence-electron chi connectivity index (χ2n) is 3.61. The minimum absolute atomic E-state index is 0.0421. The van der Waals surface area contributed by atoms with Gasteiger partial charge in [-0.15, -0.1) is 0 Å². The van der Waals surface area contributed by atoms with Crippen LogP contribution in [0.4, 0.5) is 0 Å². The summed E-state index contributed by atoms with van der Waals surface area (Å²) in [7, 11) is 0. The summed E-state index contributed by atoms with van der Waals surface area (Å²) in [6.45, 7) is 5.21. The number of hydrogen-bond donors (Lipinski definition) is 3. The number of rotatable bonds is 7. The monoisotopic (exact) mass is 201 g/mol. The third-order valence-electron chi connectivity index (χ3n) is 2.63. The zero-order valence-corrected chi connectivity index (χ0v) is 9.31. The maximum Gasteiger partial charge on any atom is 0.240 e. The van der Waals surface area contributed by atoms with Crippen molar-refractivity contribution < 1.29 is 4.79 Å². The van der Waals surface area contributed by atoms with E-state index in [1.54, 1.807) is 0 Å². The molecule has 0 rings (SSSR count). The zero-order chi connectivity index (χ0) is 11.0. The van der Waals surface area contributed by atoms with Gasteiger partial charge in [0.2, 0.25) is 5.91 Å². The van der Waals surface area contributed by atoms with Gasteiger partial charge in [0.1, 0.15) is 0 Å². The predicted molar refractivity (Wildman–Crippen MR) is 58.8 cm³/mol. The molecular formula is C10H23N3O. The standard InChI is InChI=1S/C10H23N3O/c1-3-10(12,4-2)9(14)13-8-6-5-7-11/h3-8,11-12H2,1-2H3,(H,13,14). The number of nitrogens with one attached hydrogen (secondary N) is 1.